The van der Waals surface area contributed by atoms with Crippen LogP contribution in [0.15, 0.2) is 28.9 Å². The number of carbonyl (C=O) groups excluding carboxylic acids is 2. The number of aromatic nitrogens is 2. The largest absolute Gasteiger partial charge is 0.379 e. The van der Waals surface area contributed by atoms with Crippen LogP contribution in [-0.4, -0.2) is 64.1 Å². The summed E-state index contributed by atoms with van der Waals surface area (Å²) in [5.74, 6) is -0.143. The monoisotopic (exact) mass is 448 g/mol. The van der Waals surface area contributed by atoms with Gasteiger partial charge in [-0.2, -0.15) is 0 Å². The highest BCUT2D eigenvalue weighted by Crippen LogP contribution is 2.33. The number of carbonyl (C=O) groups is 2. The molecule has 2 aliphatic rings. The van der Waals surface area contributed by atoms with E-state index in [1.807, 2.05) is 18.2 Å². The minimum Gasteiger partial charge on any atom is -0.379 e. The maximum atomic E-state index is 13.2. The van der Waals surface area contributed by atoms with E-state index in [0.29, 0.717) is 30.9 Å². The third-order valence-corrected chi connectivity index (χ3v) is 6.07. The van der Waals surface area contributed by atoms with Gasteiger partial charge in [-0.05, 0) is 44.5 Å². The fourth-order valence-electron chi connectivity index (χ4n) is 4.15. The quantitative estimate of drug-likeness (QED) is 0.733. The molecule has 9 nitrogen and oxygen atoms in total. The van der Waals surface area contributed by atoms with Crippen LogP contribution in [0.2, 0.25) is 0 Å². The summed E-state index contributed by atoms with van der Waals surface area (Å²) >= 11 is 0. The molecule has 4 rings (SSSR count). The molecule has 1 spiro atoms. The molecule has 0 unspecified atom stereocenters. The average Bonchev–Trinajstić information content (AvgIpc) is 3.13. The molecule has 0 atom stereocenters. The van der Waals surface area contributed by atoms with Crippen LogP contribution in [0.5, 0.6) is 0 Å². The number of halogens is 1. The van der Waals surface area contributed by atoms with E-state index in [2.05, 4.69) is 27.0 Å². The molecule has 2 N–H and O–H groups in total. The first kappa shape index (κ1) is 23.0. The normalized spacial score (nSPS) is 17.7. The molecule has 1 aromatic carbocycles. The van der Waals surface area contributed by atoms with Crippen molar-refractivity contribution in [3.63, 3.8) is 0 Å². The molecule has 1 fully saturated rings. The van der Waals surface area contributed by atoms with E-state index in [1.165, 1.54) is 0 Å². The average molecular weight is 449 g/mol. The zero-order valence-electron chi connectivity index (χ0n) is 17.9. The van der Waals surface area contributed by atoms with Gasteiger partial charge in [-0.15, -0.1) is 12.4 Å². The summed E-state index contributed by atoms with van der Waals surface area (Å²) in [5.41, 5.74) is 3.06. The van der Waals surface area contributed by atoms with Gasteiger partial charge < -0.3 is 20.4 Å². The second-order valence-electron chi connectivity index (χ2n) is 8.29. The molecule has 0 radical (unpaired) electrons. The molecule has 168 valence electrons. The predicted molar refractivity (Wildman–Crippen MR) is 118 cm³/mol. The molecular formula is C21H29ClN6O3. The topological polar surface area (TPSA) is 104 Å². The number of anilines is 1. The number of likely N-dealkylation sites (N-methyl/N-ethyl adjacent to an activating group) is 1. The van der Waals surface area contributed by atoms with Gasteiger partial charge in [-0.25, -0.2) is 4.63 Å². The highest BCUT2D eigenvalue weighted by molar-refractivity contribution is 5.86. The van der Waals surface area contributed by atoms with Crippen LogP contribution in [0.1, 0.15) is 36.2 Å². The van der Waals surface area contributed by atoms with Gasteiger partial charge in [0.05, 0.1) is 6.54 Å². The van der Waals surface area contributed by atoms with Crippen LogP contribution in [0.3, 0.4) is 0 Å². The van der Waals surface area contributed by atoms with Crippen LogP contribution in [0, 0.1) is 6.92 Å². The van der Waals surface area contributed by atoms with E-state index in [0.717, 1.165) is 37.2 Å². The van der Waals surface area contributed by atoms with Crippen molar-refractivity contribution in [1.29, 1.82) is 0 Å². The van der Waals surface area contributed by atoms with Gasteiger partial charge in [0.2, 0.25) is 11.8 Å². The van der Waals surface area contributed by atoms with Crippen molar-refractivity contribution in [2.24, 2.45) is 0 Å². The van der Waals surface area contributed by atoms with Crippen molar-refractivity contribution in [3.8, 4) is 0 Å². The summed E-state index contributed by atoms with van der Waals surface area (Å²) in [6.07, 6.45) is 2.12. The Balaban J connectivity index is 0.00000272. The van der Waals surface area contributed by atoms with Crippen molar-refractivity contribution in [2.45, 2.75) is 44.8 Å². The molecule has 1 aromatic heterocycles. The summed E-state index contributed by atoms with van der Waals surface area (Å²) in [5, 5.41) is 14.6. The molecule has 31 heavy (non-hydrogen) atoms. The first-order chi connectivity index (χ1) is 14.5. The maximum Gasteiger partial charge on any atom is 0.242 e. The lowest BCUT2D eigenvalue weighted by Gasteiger charge is -2.42. The minimum absolute atomic E-state index is 0. The van der Waals surface area contributed by atoms with Crippen LogP contribution in [0.4, 0.5) is 5.69 Å². The van der Waals surface area contributed by atoms with Gasteiger partial charge in [0.25, 0.3) is 0 Å². The van der Waals surface area contributed by atoms with Crippen molar-refractivity contribution in [2.75, 3.05) is 32.0 Å². The van der Waals surface area contributed by atoms with Gasteiger partial charge in [-0.1, -0.05) is 28.5 Å². The number of hydrogen-bond acceptors (Lipinski definition) is 7. The molecule has 0 aliphatic carbocycles. The summed E-state index contributed by atoms with van der Waals surface area (Å²) in [7, 11) is 1.70. The number of rotatable bonds is 4. The standard InChI is InChI=1S/C21H28N6O3.ClH/c1-15-18(25-30-24-15)13-26(2)20(29)14-27-12-16-5-3-4-6-17(16)23-21(11-19(27)28)7-9-22-10-8-21;/h3-6,22-23H,7-14H2,1-2H3;1H. The first-order valence-electron chi connectivity index (χ1n) is 10.3. The van der Waals surface area contributed by atoms with E-state index in [1.54, 1.807) is 23.8 Å². The van der Waals surface area contributed by atoms with Crippen molar-refractivity contribution < 1.29 is 14.2 Å². The Morgan fingerprint density at radius 1 is 1.26 bits per heavy atom. The van der Waals surface area contributed by atoms with Crippen LogP contribution in [0.25, 0.3) is 0 Å². The zero-order valence-corrected chi connectivity index (χ0v) is 18.7. The van der Waals surface area contributed by atoms with E-state index in [-0.39, 0.29) is 36.3 Å². The smallest absolute Gasteiger partial charge is 0.242 e. The fourth-order valence-corrected chi connectivity index (χ4v) is 4.15. The number of benzene rings is 1. The molecule has 2 aliphatic heterocycles. The van der Waals surface area contributed by atoms with Gasteiger partial charge in [0, 0.05) is 31.2 Å². The van der Waals surface area contributed by atoms with Gasteiger partial charge in [-0.3, -0.25) is 9.59 Å². The Hall–Kier alpha value is -2.65. The molecule has 0 saturated carbocycles. The van der Waals surface area contributed by atoms with Crippen LogP contribution >= 0.6 is 12.4 Å². The van der Waals surface area contributed by atoms with Gasteiger partial charge >= 0.3 is 0 Å². The SMILES string of the molecule is Cc1nonc1CN(C)C(=O)CN1Cc2ccccc2NC2(CCNCC2)CC1=O.Cl. The first-order valence-corrected chi connectivity index (χ1v) is 10.3. The van der Waals surface area contributed by atoms with Gasteiger partial charge in [0.15, 0.2) is 0 Å². The second kappa shape index (κ2) is 9.65. The molecule has 3 heterocycles. The predicted octanol–water partition coefficient (Wildman–Crippen LogP) is 1.72. The maximum absolute atomic E-state index is 13.2. The molecule has 1 saturated heterocycles. The van der Waals surface area contributed by atoms with Crippen molar-refractivity contribution in [1.82, 2.24) is 25.4 Å². The Morgan fingerprint density at radius 2 is 2.00 bits per heavy atom. The zero-order chi connectivity index (χ0) is 21.1. The molecule has 2 amide bonds. The molecule has 2 aromatic rings. The lowest BCUT2D eigenvalue weighted by molar-refractivity contribution is -0.141. The lowest BCUT2D eigenvalue weighted by Crippen LogP contribution is -2.53. The summed E-state index contributed by atoms with van der Waals surface area (Å²) < 4.78 is 4.71. The number of aryl methyl sites for hydroxylation is 1. The summed E-state index contributed by atoms with van der Waals surface area (Å²) in [6, 6.07) is 8.04. The highest BCUT2D eigenvalue weighted by Gasteiger charge is 2.38. The molecular weight excluding hydrogens is 420 g/mol. The molecule has 0 bridgehead atoms. The number of nitrogens with one attached hydrogen (secondary N) is 2. The van der Waals surface area contributed by atoms with Gasteiger partial charge in [0.1, 0.15) is 17.9 Å². The third-order valence-electron chi connectivity index (χ3n) is 6.07. The Bertz CT molecular complexity index is 927. The lowest BCUT2D eigenvalue weighted by atomic mass is 9.83. The van der Waals surface area contributed by atoms with Crippen molar-refractivity contribution in [3.05, 3.63) is 41.2 Å². The third kappa shape index (κ3) is 5.16. The second-order valence-corrected chi connectivity index (χ2v) is 8.29. The Kier molecular flexibility index (Phi) is 7.17. The van der Waals surface area contributed by atoms with Crippen molar-refractivity contribution >= 4 is 29.9 Å². The van der Waals surface area contributed by atoms with Crippen LogP contribution in [-0.2, 0) is 22.7 Å². The van der Waals surface area contributed by atoms with E-state index >= 15 is 0 Å². The summed E-state index contributed by atoms with van der Waals surface area (Å²) in [6.45, 7) is 4.26. The molecule has 10 heteroatoms. The minimum atomic E-state index is -0.282. The number of hydrogen-bond donors (Lipinski definition) is 2. The van der Waals surface area contributed by atoms with E-state index < -0.39 is 0 Å². The Morgan fingerprint density at radius 3 is 2.71 bits per heavy atom. The van der Waals surface area contributed by atoms with Crippen LogP contribution < -0.4 is 10.6 Å². The number of nitrogens with zero attached hydrogens (tertiary/aromatic N) is 4. The number of para-hydroxylation sites is 1. The summed E-state index contributed by atoms with van der Waals surface area (Å²) in [4.78, 5) is 29.4. The van der Waals surface area contributed by atoms with E-state index in [9.17, 15) is 9.59 Å². The Labute approximate surface area is 187 Å². The highest BCUT2D eigenvalue weighted by atomic mass is 35.5. The number of amides is 2. The number of fused-ring (bicyclic) bond motifs is 1. The number of piperidine rings is 1. The fraction of sp³-hybridized carbons (Fsp3) is 0.524. The van der Waals surface area contributed by atoms with E-state index in [4.69, 9.17) is 4.63 Å².